The van der Waals surface area contributed by atoms with E-state index in [4.69, 9.17) is 4.42 Å². The number of hydrogen-bond donors (Lipinski definition) is 1. The SMILES string of the molecule is Cc1ccccc1-c1cccc(-c2cccc(N(c3ccccc3)c3cc(C4CCCC4)c4ccc5c(N(c6ccccc6)c6cccc7c6oc6c(-c8ccccc8C)cccc67)cc(C6CCCC6)c6ccc3c4c65)c2O)c1. The number of aromatic hydroxyl groups is 1. The number of hydrogen-bond acceptors (Lipinski definition) is 4. The van der Waals surface area contributed by atoms with Crippen molar-refractivity contribution in [1.29, 1.82) is 0 Å². The Balaban J connectivity index is 1.01. The highest BCUT2D eigenvalue weighted by atomic mass is 16.3. The normalized spacial score (nSPS) is 14.2. The number of aryl methyl sites for hydroxylation is 2. The third-order valence-corrected chi connectivity index (χ3v) is 18.1. The van der Waals surface area contributed by atoms with Crippen LogP contribution in [0.5, 0.6) is 5.75 Å². The topological polar surface area (TPSA) is 39.9 Å². The maximum Gasteiger partial charge on any atom is 0.159 e. The summed E-state index contributed by atoms with van der Waals surface area (Å²) < 4.78 is 7.31. The second-order valence-corrected chi connectivity index (χ2v) is 22.7. The highest BCUT2D eigenvalue weighted by Crippen LogP contribution is 2.55. The van der Waals surface area contributed by atoms with Crippen LogP contribution in [-0.2, 0) is 0 Å². The molecule has 80 heavy (non-hydrogen) atoms. The average molecular weight is 1040 g/mol. The van der Waals surface area contributed by atoms with Gasteiger partial charge < -0.3 is 19.3 Å². The van der Waals surface area contributed by atoms with Crippen LogP contribution in [0.15, 0.2) is 229 Å². The number of para-hydroxylation sites is 5. The van der Waals surface area contributed by atoms with Gasteiger partial charge in [-0.05, 0) is 172 Å². The Labute approximate surface area is 468 Å². The Kier molecular flexibility index (Phi) is 11.8. The summed E-state index contributed by atoms with van der Waals surface area (Å²) >= 11 is 0. The van der Waals surface area contributed by atoms with Crippen molar-refractivity contribution < 1.29 is 9.52 Å². The van der Waals surface area contributed by atoms with Gasteiger partial charge in [-0.3, -0.25) is 0 Å². The first-order chi connectivity index (χ1) is 39.5. The second-order valence-electron chi connectivity index (χ2n) is 22.7. The zero-order valence-corrected chi connectivity index (χ0v) is 45.4. The van der Waals surface area contributed by atoms with E-state index in [1.807, 2.05) is 0 Å². The zero-order valence-electron chi connectivity index (χ0n) is 45.4. The Hall–Kier alpha value is -9.12. The lowest BCUT2D eigenvalue weighted by Crippen LogP contribution is -2.13. The molecule has 0 spiro atoms. The molecule has 12 aromatic carbocycles. The van der Waals surface area contributed by atoms with Crippen molar-refractivity contribution in [2.45, 2.75) is 77.0 Å². The van der Waals surface area contributed by atoms with E-state index in [2.05, 4.69) is 248 Å². The third kappa shape index (κ3) is 7.87. The first kappa shape index (κ1) is 48.0. The lowest BCUT2D eigenvalue weighted by molar-refractivity contribution is 0.478. The van der Waals surface area contributed by atoms with Crippen LogP contribution in [0.25, 0.3) is 87.6 Å². The first-order valence-electron chi connectivity index (χ1n) is 28.9. The molecule has 0 amide bonds. The van der Waals surface area contributed by atoms with E-state index in [0.717, 1.165) is 91.2 Å². The van der Waals surface area contributed by atoms with E-state index in [1.54, 1.807) is 0 Å². The molecule has 2 saturated carbocycles. The quantitative estimate of drug-likeness (QED) is 0.131. The van der Waals surface area contributed by atoms with Crippen LogP contribution in [0.3, 0.4) is 0 Å². The molecule has 1 N–H and O–H groups in total. The maximum absolute atomic E-state index is 13.0. The largest absolute Gasteiger partial charge is 0.505 e. The molecular weight excluding hydrogens is 973 g/mol. The minimum atomic E-state index is 0.251. The molecule has 0 bridgehead atoms. The van der Waals surface area contributed by atoms with Crippen molar-refractivity contribution in [3.05, 3.63) is 247 Å². The summed E-state index contributed by atoms with van der Waals surface area (Å²) in [6.45, 7) is 4.35. The van der Waals surface area contributed by atoms with Gasteiger partial charge in [-0.2, -0.15) is 0 Å². The number of nitrogens with zero attached hydrogens (tertiary/aromatic N) is 2. The minimum absolute atomic E-state index is 0.251. The summed E-state index contributed by atoms with van der Waals surface area (Å²) in [7, 11) is 0. The smallest absolute Gasteiger partial charge is 0.159 e. The van der Waals surface area contributed by atoms with Gasteiger partial charge in [0.25, 0.3) is 0 Å². The summed E-state index contributed by atoms with van der Waals surface area (Å²) in [6.07, 6.45) is 9.53. The molecule has 13 aromatic rings. The number of phenolic OH excluding ortho intramolecular Hbond substituents is 1. The lowest BCUT2D eigenvalue weighted by atomic mass is 9.82. The summed E-state index contributed by atoms with van der Waals surface area (Å²) in [5.41, 5.74) is 19.4. The number of rotatable bonds is 11. The fourth-order valence-corrected chi connectivity index (χ4v) is 14.3. The van der Waals surface area contributed by atoms with Gasteiger partial charge in [-0.1, -0.05) is 196 Å². The van der Waals surface area contributed by atoms with Crippen LogP contribution in [0.2, 0.25) is 0 Å². The second kappa shape index (κ2) is 19.7. The number of anilines is 6. The van der Waals surface area contributed by atoms with Crippen molar-refractivity contribution in [2.75, 3.05) is 9.80 Å². The van der Waals surface area contributed by atoms with Gasteiger partial charge in [0.15, 0.2) is 5.58 Å². The average Bonchev–Trinajstić information content (AvgIpc) is 4.45. The molecule has 2 fully saturated rings. The minimum Gasteiger partial charge on any atom is -0.505 e. The molecule has 2 aliphatic rings. The van der Waals surface area contributed by atoms with Crippen molar-refractivity contribution in [1.82, 2.24) is 0 Å². The van der Waals surface area contributed by atoms with E-state index < -0.39 is 0 Å². The van der Waals surface area contributed by atoms with E-state index >= 15 is 0 Å². The molecule has 4 nitrogen and oxygen atoms in total. The lowest BCUT2D eigenvalue weighted by Gasteiger charge is -2.32. The Bertz CT molecular complexity index is 4490. The van der Waals surface area contributed by atoms with Gasteiger partial charge in [0.1, 0.15) is 11.3 Å². The van der Waals surface area contributed by atoms with Gasteiger partial charge in [-0.15, -0.1) is 0 Å². The molecule has 4 heteroatoms. The molecule has 0 radical (unpaired) electrons. The van der Waals surface area contributed by atoms with Gasteiger partial charge in [0, 0.05) is 44.0 Å². The molecule has 0 aliphatic heterocycles. The molecule has 388 valence electrons. The molecule has 0 saturated heterocycles. The molecule has 0 atom stereocenters. The predicted octanol–water partition coefficient (Wildman–Crippen LogP) is 22.1. The summed E-state index contributed by atoms with van der Waals surface area (Å²) in [5, 5.41) is 22.8. The first-order valence-corrected chi connectivity index (χ1v) is 28.9. The number of benzene rings is 12. The Morgan fingerprint density at radius 1 is 0.350 bits per heavy atom. The van der Waals surface area contributed by atoms with Crippen LogP contribution in [0.4, 0.5) is 34.1 Å². The summed E-state index contributed by atoms with van der Waals surface area (Å²) in [4.78, 5) is 4.84. The van der Waals surface area contributed by atoms with E-state index in [0.29, 0.717) is 11.8 Å². The third-order valence-electron chi connectivity index (χ3n) is 18.1. The van der Waals surface area contributed by atoms with Crippen LogP contribution >= 0.6 is 0 Å². The number of phenols is 1. The van der Waals surface area contributed by atoms with E-state index in [1.165, 1.54) is 104 Å². The standard InChI is InChI=1S/C76H62N2O2/c1-48-21-9-15-33-56(48)52-27-17-28-53(45-52)58-35-19-39-68(74(58)79)77(54-29-5-3-6-30-54)70-46-66(50-23-11-12-24-50)59-42-44-65-71(47-67(51-25-13-14-26-51)60-41-43-64(70)72(59)73(60)65)78(55-31-7-4-8-32-55)69-40-20-38-63-62-37-18-36-61(75(62)80-76(63)69)57-34-16-10-22-49(57)2/h3-10,15-22,27-47,50-51,79H,11-14,23-26H2,1-2H3. The maximum atomic E-state index is 13.0. The van der Waals surface area contributed by atoms with Crippen molar-refractivity contribution >= 4 is 88.4 Å². The molecule has 1 aromatic heterocycles. The molecule has 1 heterocycles. The van der Waals surface area contributed by atoms with Crippen LogP contribution < -0.4 is 9.80 Å². The van der Waals surface area contributed by atoms with E-state index in [-0.39, 0.29) is 5.75 Å². The number of fused-ring (bicyclic) bond motifs is 3. The van der Waals surface area contributed by atoms with Gasteiger partial charge in [0.05, 0.1) is 22.7 Å². The zero-order chi connectivity index (χ0) is 53.4. The van der Waals surface area contributed by atoms with Crippen LogP contribution in [0.1, 0.15) is 85.5 Å². The summed E-state index contributed by atoms with van der Waals surface area (Å²) in [6, 6.07) is 81.8. The van der Waals surface area contributed by atoms with Gasteiger partial charge in [0.2, 0.25) is 0 Å². The van der Waals surface area contributed by atoms with Gasteiger partial charge >= 0.3 is 0 Å². The Morgan fingerprint density at radius 3 is 1.38 bits per heavy atom. The fourth-order valence-electron chi connectivity index (χ4n) is 14.3. The van der Waals surface area contributed by atoms with Crippen LogP contribution in [-0.4, -0.2) is 5.11 Å². The molecule has 0 unspecified atom stereocenters. The van der Waals surface area contributed by atoms with Crippen molar-refractivity contribution in [3.8, 4) is 39.1 Å². The van der Waals surface area contributed by atoms with Gasteiger partial charge in [-0.25, -0.2) is 0 Å². The van der Waals surface area contributed by atoms with Crippen molar-refractivity contribution in [3.63, 3.8) is 0 Å². The molecule has 2 aliphatic carbocycles. The highest BCUT2D eigenvalue weighted by Gasteiger charge is 2.32. The monoisotopic (exact) mass is 1030 g/mol. The number of furan rings is 1. The summed E-state index contributed by atoms with van der Waals surface area (Å²) in [5.74, 6) is 1.08. The van der Waals surface area contributed by atoms with Crippen molar-refractivity contribution in [2.24, 2.45) is 0 Å². The molecular formula is C76H62N2O2. The molecule has 15 rings (SSSR count). The fraction of sp³-hybridized carbons (Fsp3) is 0.158. The van der Waals surface area contributed by atoms with E-state index in [9.17, 15) is 5.11 Å². The highest BCUT2D eigenvalue weighted by molar-refractivity contribution is 6.30. The predicted molar refractivity (Wildman–Crippen MR) is 337 cm³/mol. The van der Waals surface area contributed by atoms with Crippen LogP contribution in [0, 0.1) is 13.8 Å². The Morgan fingerprint density at radius 2 is 0.787 bits per heavy atom.